The molecule has 0 aliphatic rings. The summed E-state index contributed by atoms with van der Waals surface area (Å²) in [5, 5.41) is 14.8. The van der Waals surface area contributed by atoms with Crippen LogP contribution in [0, 0.1) is 17.0 Å². The number of nitro benzene ring substituents is 1. The van der Waals surface area contributed by atoms with Gasteiger partial charge >= 0.3 is 0 Å². The molecule has 0 fully saturated rings. The first kappa shape index (κ1) is 23.8. The number of nitro groups is 1. The van der Waals surface area contributed by atoms with E-state index < -0.39 is 4.92 Å². The van der Waals surface area contributed by atoms with Gasteiger partial charge in [0.25, 0.3) is 5.69 Å². The number of rotatable bonds is 11. The van der Waals surface area contributed by atoms with Crippen LogP contribution in [0.1, 0.15) is 42.9 Å². The molecule has 0 aromatic heterocycles. The molecule has 0 saturated heterocycles. The van der Waals surface area contributed by atoms with Crippen LogP contribution in [0.2, 0.25) is 0 Å². The van der Waals surface area contributed by atoms with Crippen molar-refractivity contribution in [3.8, 4) is 11.5 Å². The van der Waals surface area contributed by atoms with Gasteiger partial charge in [0.05, 0.1) is 30.0 Å². The number of hydrogen-bond acceptors (Lipinski definition) is 6. The van der Waals surface area contributed by atoms with Crippen molar-refractivity contribution in [3.05, 3.63) is 93.5 Å². The molecule has 0 bridgehead atoms. The number of ether oxygens (including phenoxy) is 2. The molecule has 0 spiro atoms. The van der Waals surface area contributed by atoms with E-state index in [1.54, 1.807) is 18.3 Å². The minimum atomic E-state index is -0.434. The van der Waals surface area contributed by atoms with Gasteiger partial charge in [-0.25, -0.2) is 0 Å². The molecule has 0 radical (unpaired) electrons. The average Bonchev–Trinajstić information content (AvgIpc) is 2.80. The predicted molar refractivity (Wildman–Crippen MR) is 132 cm³/mol. The number of hydrogen-bond donors (Lipinski definition) is 1. The normalized spacial score (nSPS) is 11.0. The summed E-state index contributed by atoms with van der Waals surface area (Å²) in [5.74, 6) is 2.16. The summed E-state index contributed by atoms with van der Waals surface area (Å²) >= 11 is 0. The predicted octanol–water partition coefficient (Wildman–Crippen LogP) is 6.32. The summed E-state index contributed by atoms with van der Waals surface area (Å²) in [6, 6.07) is 20.0. The third-order valence-corrected chi connectivity index (χ3v) is 4.97. The van der Waals surface area contributed by atoms with Gasteiger partial charge in [-0.3, -0.25) is 15.5 Å². The first-order valence-corrected chi connectivity index (χ1v) is 10.9. The summed E-state index contributed by atoms with van der Waals surface area (Å²) in [4.78, 5) is 10.2. The lowest BCUT2D eigenvalue weighted by Crippen LogP contribution is -2.06. The molecule has 172 valence electrons. The SMILES string of the molecule is Cc1ccc(C(C)C)c(OCCCOc2ccc(/C=N/Nc3ccc([N+](=O)[O-])cc3)cc2)c1. The van der Waals surface area contributed by atoms with Gasteiger partial charge in [-0.05, 0) is 72.0 Å². The molecule has 0 atom stereocenters. The zero-order chi connectivity index (χ0) is 23.6. The number of hydrazone groups is 1. The topological polar surface area (TPSA) is 86.0 Å². The van der Waals surface area contributed by atoms with Crippen molar-refractivity contribution in [2.24, 2.45) is 5.10 Å². The Morgan fingerprint density at radius 3 is 2.36 bits per heavy atom. The summed E-state index contributed by atoms with van der Waals surface area (Å²) in [7, 11) is 0. The Balaban J connectivity index is 1.40. The van der Waals surface area contributed by atoms with Gasteiger partial charge in [-0.1, -0.05) is 26.0 Å². The molecule has 0 aliphatic carbocycles. The summed E-state index contributed by atoms with van der Waals surface area (Å²) in [6.45, 7) is 7.57. The third kappa shape index (κ3) is 7.35. The molecule has 0 unspecified atom stereocenters. The van der Waals surface area contributed by atoms with Gasteiger partial charge in [0.2, 0.25) is 0 Å². The van der Waals surface area contributed by atoms with Crippen molar-refractivity contribution in [2.45, 2.75) is 33.1 Å². The zero-order valence-electron chi connectivity index (χ0n) is 19.2. The van der Waals surface area contributed by atoms with E-state index in [0.29, 0.717) is 24.8 Å². The highest BCUT2D eigenvalue weighted by Gasteiger charge is 2.08. The van der Waals surface area contributed by atoms with E-state index >= 15 is 0 Å². The molecule has 3 aromatic carbocycles. The number of aryl methyl sites for hydroxylation is 1. The number of benzene rings is 3. The molecular formula is C26H29N3O4. The van der Waals surface area contributed by atoms with Gasteiger partial charge in [0.15, 0.2) is 0 Å². The van der Waals surface area contributed by atoms with Crippen molar-refractivity contribution in [2.75, 3.05) is 18.6 Å². The van der Waals surface area contributed by atoms with E-state index in [0.717, 1.165) is 23.5 Å². The highest BCUT2D eigenvalue weighted by atomic mass is 16.6. The Kier molecular flexibility index (Phi) is 8.41. The zero-order valence-corrected chi connectivity index (χ0v) is 19.2. The third-order valence-electron chi connectivity index (χ3n) is 4.97. The average molecular weight is 448 g/mol. The fourth-order valence-corrected chi connectivity index (χ4v) is 3.16. The molecule has 3 rings (SSSR count). The number of nitrogens with one attached hydrogen (secondary N) is 1. The first-order chi connectivity index (χ1) is 15.9. The fraction of sp³-hybridized carbons (Fsp3) is 0.269. The molecular weight excluding hydrogens is 418 g/mol. The maximum Gasteiger partial charge on any atom is 0.269 e. The second-order valence-electron chi connectivity index (χ2n) is 7.99. The van der Waals surface area contributed by atoms with E-state index in [9.17, 15) is 10.1 Å². The lowest BCUT2D eigenvalue weighted by Gasteiger charge is -2.15. The summed E-state index contributed by atoms with van der Waals surface area (Å²) in [5.41, 5.74) is 6.89. The smallest absolute Gasteiger partial charge is 0.269 e. The molecule has 0 aliphatic heterocycles. The minimum absolute atomic E-state index is 0.0437. The second-order valence-corrected chi connectivity index (χ2v) is 7.99. The molecule has 0 saturated carbocycles. The van der Waals surface area contributed by atoms with Crippen LogP contribution in [0.3, 0.4) is 0 Å². The highest BCUT2D eigenvalue weighted by molar-refractivity contribution is 5.80. The second kappa shape index (κ2) is 11.7. The quantitative estimate of drug-likeness (QED) is 0.161. The summed E-state index contributed by atoms with van der Waals surface area (Å²) < 4.78 is 11.8. The molecule has 33 heavy (non-hydrogen) atoms. The number of nitrogens with zero attached hydrogens (tertiary/aromatic N) is 2. The van der Waals surface area contributed by atoms with Gasteiger partial charge < -0.3 is 9.47 Å². The Bertz CT molecular complexity index is 1080. The molecule has 1 N–H and O–H groups in total. The van der Waals surface area contributed by atoms with Crippen LogP contribution < -0.4 is 14.9 Å². The Labute approximate surface area is 194 Å². The van der Waals surface area contributed by atoms with Crippen molar-refractivity contribution >= 4 is 17.6 Å². The lowest BCUT2D eigenvalue weighted by molar-refractivity contribution is -0.384. The van der Waals surface area contributed by atoms with Crippen LogP contribution >= 0.6 is 0 Å². The van der Waals surface area contributed by atoms with Crippen molar-refractivity contribution in [3.63, 3.8) is 0 Å². The molecule has 7 heteroatoms. The van der Waals surface area contributed by atoms with Crippen LogP contribution in [0.15, 0.2) is 71.8 Å². The molecule has 0 heterocycles. The Hall–Kier alpha value is -3.87. The first-order valence-electron chi connectivity index (χ1n) is 10.9. The monoisotopic (exact) mass is 447 g/mol. The molecule has 0 amide bonds. The van der Waals surface area contributed by atoms with Crippen LogP contribution in [0.5, 0.6) is 11.5 Å². The minimum Gasteiger partial charge on any atom is -0.493 e. The number of anilines is 1. The van der Waals surface area contributed by atoms with Crippen molar-refractivity contribution < 1.29 is 14.4 Å². The van der Waals surface area contributed by atoms with E-state index in [4.69, 9.17) is 9.47 Å². The Morgan fingerprint density at radius 2 is 1.70 bits per heavy atom. The van der Waals surface area contributed by atoms with Crippen molar-refractivity contribution in [1.29, 1.82) is 0 Å². The standard InChI is InChI=1S/C26H29N3O4/c1-19(2)25-14-5-20(3)17-26(25)33-16-4-15-32-24-12-6-21(7-13-24)18-27-28-22-8-10-23(11-9-22)29(30)31/h5-14,17-19,28H,4,15-16H2,1-3H3/b27-18+. The van der Waals surface area contributed by atoms with Gasteiger partial charge in [0, 0.05) is 18.6 Å². The number of non-ortho nitro benzene ring substituents is 1. The largest absolute Gasteiger partial charge is 0.493 e. The highest BCUT2D eigenvalue weighted by Crippen LogP contribution is 2.27. The Morgan fingerprint density at radius 1 is 1.00 bits per heavy atom. The molecule has 3 aromatic rings. The van der Waals surface area contributed by atoms with Gasteiger partial charge in [0.1, 0.15) is 11.5 Å². The fourth-order valence-electron chi connectivity index (χ4n) is 3.16. The maximum atomic E-state index is 10.7. The maximum absolute atomic E-state index is 10.7. The van der Waals surface area contributed by atoms with Gasteiger partial charge in [-0.15, -0.1) is 0 Å². The van der Waals surface area contributed by atoms with Gasteiger partial charge in [-0.2, -0.15) is 5.10 Å². The van der Waals surface area contributed by atoms with Crippen LogP contribution in [-0.4, -0.2) is 24.4 Å². The van der Waals surface area contributed by atoms with Crippen molar-refractivity contribution in [1.82, 2.24) is 0 Å². The van der Waals surface area contributed by atoms with E-state index in [1.165, 1.54) is 23.3 Å². The van der Waals surface area contributed by atoms with Crippen LogP contribution in [0.25, 0.3) is 0 Å². The van der Waals surface area contributed by atoms with Crippen LogP contribution in [-0.2, 0) is 0 Å². The summed E-state index contributed by atoms with van der Waals surface area (Å²) in [6.07, 6.45) is 2.46. The lowest BCUT2D eigenvalue weighted by atomic mass is 10.0. The molecule has 7 nitrogen and oxygen atoms in total. The van der Waals surface area contributed by atoms with E-state index in [1.807, 2.05) is 24.3 Å². The van der Waals surface area contributed by atoms with Crippen LogP contribution in [0.4, 0.5) is 11.4 Å². The van der Waals surface area contributed by atoms with E-state index in [-0.39, 0.29) is 5.69 Å². The van der Waals surface area contributed by atoms with E-state index in [2.05, 4.69) is 49.5 Å².